The summed E-state index contributed by atoms with van der Waals surface area (Å²) in [6, 6.07) is 1.68. The molecule has 1 rings (SSSR count). The van der Waals surface area contributed by atoms with Crippen molar-refractivity contribution >= 4 is 30.0 Å². The number of halogens is 1. The molecule has 54 valence electrons. The van der Waals surface area contributed by atoms with Gasteiger partial charge >= 0.3 is 0 Å². The Morgan fingerprint density at radius 3 is 2.90 bits per heavy atom. The molecule has 0 aliphatic heterocycles. The van der Waals surface area contributed by atoms with Gasteiger partial charge in [-0.15, -0.1) is 0 Å². The van der Waals surface area contributed by atoms with E-state index in [-0.39, 0.29) is 5.52 Å². The first-order valence-corrected chi connectivity index (χ1v) is 4.99. The summed E-state index contributed by atoms with van der Waals surface area (Å²) in [6.07, 6.45) is 1.46. The zero-order valence-corrected chi connectivity index (χ0v) is 7.94. The number of carbonyl (C=O) groups excluding carboxylic acids is 1. The van der Waals surface area contributed by atoms with Crippen molar-refractivity contribution in [3.63, 3.8) is 0 Å². The first-order valence-electron chi connectivity index (χ1n) is 2.70. The molecule has 1 atom stereocenters. The van der Waals surface area contributed by atoms with Crippen molar-refractivity contribution in [2.75, 3.05) is 6.66 Å². The summed E-state index contributed by atoms with van der Waals surface area (Å²) in [5.41, 5.74) is 0.780. The van der Waals surface area contributed by atoms with Crippen LogP contribution < -0.4 is 0 Å². The lowest BCUT2D eigenvalue weighted by atomic mass is 10.4. The van der Waals surface area contributed by atoms with Gasteiger partial charge in [0.1, 0.15) is 6.26 Å². The minimum atomic E-state index is 0.134. The van der Waals surface area contributed by atoms with E-state index in [0.29, 0.717) is 18.8 Å². The van der Waals surface area contributed by atoms with Crippen molar-refractivity contribution < 1.29 is 9.21 Å². The second kappa shape index (κ2) is 3.31. The number of furan rings is 1. The summed E-state index contributed by atoms with van der Waals surface area (Å²) in [5.74, 6) is 0. The Kier molecular flexibility index (Phi) is 2.64. The van der Waals surface area contributed by atoms with Gasteiger partial charge in [0.25, 0.3) is 0 Å². The third-order valence-electron chi connectivity index (χ3n) is 1.06. The van der Waals surface area contributed by atoms with Crippen molar-refractivity contribution in [3.8, 4) is 0 Å². The molecule has 1 aromatic heterocycles. The van der Waals surface area contributed by atoms with Gasteiger partial charge in [0.15, 0.2) is 10.2 Å². The number of hydrogen-bond donors (Lipinski definition) is 0. The lowest BCUT2D eigenvalue weighted by molar-refractivity contribution is 0.108. The van der Waals surface area contributed by atoms with Crippen LogP contribution in [0.25, 0.3) is 0 Å². The van der Waals surface area contributed by atoms with Crippen LogP contribution in [0.5, 0.6) is 0 Å². The Morgan fingerprint density at radius 2 is 2.50 bits per heavy atom. The molecule has 0 N–H and O–H groups in total. The molecule has 1 heterocycles. The summed E-state index contributed by atoms with van der Waals surface area (Å²) in [7, 11) is 0.303. The molecule has 0 radical (unpaired) electrons. The average molecular weight is 221 g/mol. The molecule has 0 saturated heterocycles. The van der Waals surface area contributed by atoms with E-state index in [1.807, 2.05) is 6.66 Å². The van der Waals surface area contributed by atoms with Gasteiger partial charge in [-0.3, -0.25) is 4.79 Å². The molecule has 0 aliphatic rings. The highest BCUT2D eigenvalue weighted by molar-refractivity contribution is 9.10. The maximum atomic E-state index is 11.0. The lowest BCUT2D eigenvalue weighted by Crippen LogP contribution is -1.84. The largest absolute Gasteiger partial charge is 0.457 e. The van der Waals surface area contributed by atoms with E-state index in [9.17, 15) is 4.79 Å². The zero-order valence-electron chi connectivity index (χ0n) is 5.35. The molecule has 0 aromatic carbocycles. The molecule has 1 aromatic rings. The average Bonchev–Trinajstić information content (AvgIpc) is 2.34. The van der Waals surface area contributed by atoms with E-state index in [0.717, 1.165) is 0 Å². The van der Waals surface area contributed by atoms with Crippen LogP contribution in [0.2, 0.25) is 0 Å². The summed E-state index contributed by atoms with van der Waals surface area (Å²) < 4.78 is 5.49. The molecule has 0 bridgehead atoms. The standard InChI is InChI=1S/C6H6BrO2P/c1-10-6(8)4-2-5(7)9-3-4/h2-3,10H,1H3. The van der Waals surface area contributed by atoms with E-state index < -0.39 is 0 Å². The molecule has 0 fully saturated rings. The zero-order chi connectivity index (χ0) is 7.56. The van der Waals surface area contributed by atoms with Crippen LogP contribution in [0.1, 0.15) is 10.4 Å². The minimum absolute atomic E-state index is 0.134. The summed E-state index contributed by atoms with van der Waals surface area (Å²) in [6.45, 7) is 1.85. The fraction of sp³-hybridized carbons (Fsp3) is 0.167. The van der Waals surface area contributed by atoms with E-state index in [1.54, 1.807) is 6.07 Å². The van der Waals surface area contributed by atoms with Crippen molar-refractivity contribution in [2.24, 2.45) is 0 Å². The molecule has 4 heteroatoms. The molecule has 0 saturated carbocycles. The highest BCUT2D eigenvalue weighted by atomic mass is 79.9. The molecule has 0 amide bonds. The van der Waals surface area contributed by atoms with Crippen molar-refractivity contribution in [1.29, 1.82) is 0 Å². The molecule has 0 aliphatic carbocycles. The van der Waals surface area contributed by atoms with E-state index in [4.69, 9.17) is 4.42 Å². The third-order valence-corrected chi connectivity index (χ3v) is 2.22. The predicted molar refractivity (Wildman–Crippen MR) is 45.0 cm³/mol. The molecule has 10 heavy (non-hydrogen) atoms. The Morgan fingerprint density at radius 1 is 1.80 bits per heavy atom. The van der Waals surface area contributed by atoms with E-state index >= 15 is 0 Å². The van der Waals surface area contributed by atoms with Crippen molar-refractivity contribution in [3.05, 3.63) is 22.6 Å². The fourth-order valence-corrected chi connectivity index (χ4v) is 1.33. The van der Waals surface area contributed by atoms with Gasteiger partial charge in [-0.1, -0.05) is 0 Å². The van der Waals surface area contributed by atoms with Crippen LogP contribution in [0, 0.1) is 0 Å². The highest BCUT2D eigenvalue weighted by Crippen LogP contribution is 2.20. The van der Waals surface area contributed by atoms with Gasteiger partial charge in [0, 0.05) is 6.07 Å². The fourth-order valence-electron chi connectivity index (χ4n) is 0.573. The summed E-state index contributed by atoms with van der Waals surface area (Å²) in [4.78, 5) is 11.0. The van der Waals surface area contributed by atoms with Crippen LogP contribution in [0.15, 0.2) is 21.4 Å². The monoisotopic (exact) mass is 220 g/mol. The topological polar surface area (TPSA) is 30.2 Å². The van der Waals surface area contributed by atoms with Gasteiger partial charge in [-0.05, 0) is 31.2 Å². The van der Waals surface area contributed by atoms with Crippen molar-refractivity contribution in [1.82, 2.24) is 0 Å². The first kappa shape index (κ1) is 7.96. The maximum absolute atomic E-state index is 11.0. The first-order chi connectivity index (χ1) is 4.74. The number of rotatable bonds is 2. The van der Waals surface area contributed by atoms with Crippen LogP contribution in [-0.2, 0) is 0 Å². The molecular formula is C6H6BrO2P. The molecule has 2 nitrogen and oxygen atoms in total. The molecular weight excluding hydrogens is 215 g/mol. The van der Waals surface area contributed by atoms with Crippen LogP contribution >= 0.6 is 24.5 Å². The van der Waals surface area contributed by atoms with Gasteiger partial charge < -0.3 is 4.42 Å². The van der Waals surface area contributed by atoms with Gasteiger partial charge in [0.2, 0.25) is 0 Å². The lowest BCUT2D eigenvalue weighted by Gasteiger charge is -1.85. The smallest absolute Gasteiger partial charge is 0.184 e. The van der Waals surface area contributed by atoms with Gasteiger partial charge in [0.05, 0.1) is 5.56 Å². The normalized spacial score (nSPS) is 11.0. The third kappa shape index (κ3) is 1.68. The number of hydrogen-bond acceptors (Lipinski definition) is 2. The predicted octanol–water partition coefficient (Wildman–Crippen LogP) is 2.49. The minimum Gasteiger partial charge on any atom is -0.457 e. The second-order valence-corrected chi connectivity index (χ2v) is 3.45. The van der Waals surface area contributed by atoms with Crippen LogP contribution in [0.3, 0.4) is 0 Å². The second-order valence-electron chi connectivity index (χ2n) is 1.72. The summed E-state index contributed by atoms with van der Waals surface area (Å²) >= 11 is 3.11. The van der Waals surface area contributed by atoms with E-state index in [2.05, 4.69) is 15.9 Å². The molecule has 1 unspecified atom stereocenters. The summed E-state index contributed by atoms with van der Waals surface area (Å²) in [5, 5.41) is 0. The van der Waals surface area contributed by atoms with Gasteiger partial charge in [-0.2, -0.15) is 0 Å². The SMILES string of the molecule is CPC(=O)c1coc(Br)c1. The molecule has 0 spiro atoms. The maximum Gasteiger partial charge on any atom is 0.184 e. The van der Waals surface area contributed by atoms with Crippen molar-refractivity contribution in [2.45, 2.75) is 0 Å². The Bertz CT molecular complexity index is 244. The number of carbonyl (C=O) groups is 1. The Labute approximate surface area is 68.9 Å². The van der Waals surface area contributed by atoms with Crippen LogP contribution in [-0.4, -0.2) is 12.2 Å². The highest BCUT2D eigenvalue weighted by Gasteiger charge is 2.05. The van der Waals surface area contributed by atoms with E-state index in [1.165, 1.54) is 6.26 Å². The quantitative estimate of drug-likeness (QED) is 0.718. The Balaban J connectivity index is 2.85. The van der Waals surface area contributed by atoms with Crippen LogP contribution in [0.4, 0.5) is 0 Å². The van der Waals surface area contributed by atoms with Gasteiger partial charge in [-0.25, -0.2) is 0 Å². The Hall–Kier alpha value is -0.140.